The van der Waals surface area contributed by atoms with E-state index in [1.807, 2.05) is 6.92 Å². The monoisotopic (exact) mass is 306 g/mol. The quantitative estimate of drug-likeness (QED) is 0.897. The van der Waals surface area contributed by atoms with Crippen molar-refractivity contribution in [3.05, 3.63) is 52.4 Å². The number of aromatic nitrogens is 1. The summed E-state index contributed by atoms with van der Waals surface area (Å²) in [6.07, 6.45) is 2.41. The SMILES string of the molecule is Cc1ccc(F)cc1Oc1ccc(Cl)c(CNC2CC2)n1. The highest BCUT2D eigenvalue weighted by atomic mass is 35.5. The first-order valence-corrected chi connectivity index (χ1v) is 7.32. The first-order valence-electron chi connectivity index (χ1n) is 6.94. The molecule has 0 saturated heterocycles. The zero-order chi connectivity index (χ0) is 14.8. The molecule has 5 heteroatoms. The van der Waals surface area contributed by atoms with Crippen LogP contribution in [0.25, 0.3) is 0 Å². The third-order valence-corrected chi connectivity index (χ3v) is 3.74. The van der Waals surface area contributed by atoms with Crippen LogP contribution < -0.4 is 10.1 Å². The Morgan fingerprint density at radius 2 is 2.14 bits per heavy atom. The number of hydrogen-bond acceptors (Lipinski definition) is 3. The van der Waals surface area contributed by atoms with E-state index < -0.39 is 0 Å². The Hall–Kier alpha value is -1.65. The highest BCUT2D eigenvalue weighted by Gasteiger charge is 2.20. The van der Waals surface area contributed by atoms with Crippen LogP contribution in [0.5, 0.6) is 11.6 Å². The summed E-state index contributed by atoms with van der Waals surface area (Å²) in [5.74, 6) is 0.548. The van der Waals surface area contributed by atoms with E-state index in [9.17, 15) is 4.39 Å². The first kappa shape index (κ1) is 14.3. The molecule has 1 saturated carbocycles. The van der Waals surface area contributed by atoms with Gasteiger partial charge < -0.3 is 10.1 Å². The van der Waals surface area contributed by atoms with Crippen molar-refractivity contribution in [3.63, 3.8) is 0 Å². The molecule has 0 radical (unpaired) electrons. The zero-order valence-electron chi connectivity index (χ0n) is 11.7. The second-order valence-corrected chi connectivity index (χ2v) is 5.65. The smallest absolute Gasteiger partial charge is 0.219 e. The molecule has 1 fully saturated rings. The summed E-state index contributed by atoms with van der Waals surface area (Å²) in [7, 11) is 0. The third kappa shape index (κ3) is 3.71. The van der Waals surface area contributed by atoms with E-state index in [0.29, 0.717) is 29.2 Å². The average molecular weight is 307 g/mol. The lowest BCUT2D eigenvalue weighted by molar-refractivity contribution is 0.451. The van der Waals surface area contributed by atoms with Gasteiger partial charge in [-0.1, -0.05) is 17.7 Å². The lowest BCUT2D eigenvalue weighted by atomic mass is 10.2. The lowest BCUT2D eigenvalue weighted by Gasteiger charge is -2.10. The molecule has 1 aromatic heterocycles. The highest BCUT2D eigenvalue weighted by Crippen LogP contribution is 2.27. The molecule has 1 N–H and O–H groups in total. The van der Waals surface area contributed by atoms with Gasteiger partial charge in [-0.3, -0.25) is 0 Å². The van der Waals surface area contributed by atoms with Gasteiger partial charge in [0.1, 0.15) is 11.6 Å². The van der Waals surface area contributed by atoms with Gasteiger partial charge >= 0.3 is 0 Å². The molecule has 110 valence electrons. The molecule has 1 heterocycles. The van der Waals surface area contributed by atoms with Gasteiger partial charge in [-0.05, 0) is 37.5 Å². The second kappa shape index (κ2) is 6.00. The molecule has 21 heavy (non-hydrogen) atoms. The van der Waals surface area contributed by atoms with Crippen LogP contribution >= 0.6 is 11.6 Å². The summed E-state index contributed by atoms with van der Waals surface area (Å²) >= 11 is 6.14. The van der Waals surface area contributed by atoms with Gasteiger partial charge in [-0.15, -0.1) is 0 Å². The Morgan fingerprint density at radius 1 is 1.33 bits per heavy atom. The van der Waals surface area contributed by atoms with Gasteiger partial charge in [-0.25, -0.2) is 9.37 Å². The second-order valence-electron chi connectivity index (χ2n) is 5.25. The van der Waals surface area contributed by atoms with Crippen LogP contribution in [0, 0.1) is 12.7 Å². The number of halogens is 2. The van der Waals surface area contributed by atoms with Crippen molar-refractivity contribution in [1.82, 2.24) is 10.3 Å². The van der Waals surface area contributed by atoms with Gasteiger partial charge in [0.05, 0.1) is 10.7 Å². The molecule has 3 rings (SSSR count). The molecule has 1 aromatic carbocycles. The van der Waals surface area contributed by atoms with Gasteiger partial charge in [0.2, 0.25) is 5.88 Å². The molecule has 1 aliphatic carbocycles. The van der Waals surface area contributed by atoms with E-state index in [-0.39, 0.29) is 5.82 Å². The molecule has 0 atom stereocenters. The molecule has 1 aliphatic rings. The maximum atomic E-state index is 13.3. The number of aryl methyl sites for hydroxylation is 1. The van der Waals surface area contributed by atoms with Crippen LogP contribution in [0.1, 0.15) is 24.1 Å². The first-order chi connectivity index (χ1) is 10.1. The fraction of sp³-hybridized carbons (Fsp3) is 0.312. The van der Waals surface area contributed by atoms with E-state index in [2.05, 4.69) is 10.3 Å². The van der Waals surface area contributed by atoms with E-state index >= 15 is 0 Å². The van der Waals surface area contributed by atoms with Crippen molar-refractivity contribution in [3.8, 4) is 11.6 Å². The molecular weight excluding hydrogens is 291 g/mol. The van der Waals surface area contributed by atoms with E-state index in [4.69, 9.17) is 16.3 Å². The largest absolute Gasteiger partial charge is 0.439 e. The molecule has 0 bridgehead atoms. The van der Waals surface area contributed by atoms with Crippen LogP contribution in [0.3, 0.4) is 0 Å². The van der Waals surface area contributed by atoms with E-state index in [1.165, 1.54) is 25.0 Å². The number of ether oxygens (including phenoxy) is 1. The summed E-state index contributed by atoms with van der Waals surface area (Å²) in [5.41, 5.74) is 1.60. The normalized spacial score (nSPS) is 14.2. The van der Waals surface area contributed by atoms with E-state index in [0.717, 1.165) is 11.3 Å². The van der Waals surface area contributed by atoms with Crippen LogP contribution in [-0.4, -0.2) is 11.0 Å². The average Bonchev–Trinajstić information content (AvgIpc) is 3.27. The summed E-state index contributed by atoms with van der Waals surface area (Å²) in [6.45, 7) is 2.48. The van der Waals surface area contributed by atoms with Crippen LogP contribution in [0.4, 0.5) is 4.39 Å². The fourth-order valence-corrected chi connectivity index (χ4v) is 2.14. The van der Waals surface area contributed by atoms with Crippen LogP contribution in [0.2, 0.25) is 5.02 Å². The summed E-state index contributed by atoms with van der Waals surface area (Å²) in [5, 5.41) is 3.97. The number of benzene rings is 1. The maximum absolute atomic E-state index is 13.3. The summed E-state index contributed by atoms with van der Waals surface area (Å²) in [6, 6.07) is 8.46. The Bertz CT molecular complexity index is 659. The minimum Gasteiger partial charge on any atom is -0.439 e. The highest BCUT2D eigenvalue weighted by molar-refractivity contribution is 6.31. The molecule has 2 aromatic rings. The minimum absolute atomic E-state index is 0.333. The predicted octanol–water partition coefficient (Wildman–Crippen LogP) is 4.23. The molecule has 0 aliphatic heterocycles. The van der Waals surface area contributed by atoms with Crippen molar-refractivity contribution in [2.75, 3.05) is 0 Å². The third-order valence-electron chi connectivity index (χ3n) is 3.39. The van der Waals surface area contributed by atoms with Gasteiger partial charge in [0.25, 0.3) is 0 Å². The van der Waals surface area contributed by atoms with Crippen molar-refractivity contribution < 1.29 is 9.13 Å². The zero-order valence-corrected chi connectivity index (χ0v) is 12.5. The maximum Gasteiger partial charge on any atom is 0.219 e. The summed E-state index contributed by atoms with van der Waals surface area (Å²) < 4.78 is 18.9. The fourth-order valence-electron chi connectivity index (χ4n) is 1.97. The van der Waals surface area contributed by atoms with Gasteiger partial charge in [0.15, 0.2) is 0 Å². The molecule has 0 amide bonds. The Labute approximate surface area is 128 Å². The number of pyridine rings is 1. The topological polar surface area (TPSA) is 34.1 Å². The van der Waals surface area contributed by atoms with Crippen LogP contribution in [0.15, 0.2) is 30.3 Å². The van der Waals surface area contributed by atoms with Crippen molar-refractivity contribution in [2.24, 2.45) is 0 Å². The molecule has 0 spiro atoms. The Balaban J connectivity index is 1.78. The molecule has 0 unspecified atom stereocenters. The number of nitrogens with one attached hydrogen (secondary N) is 1. The summed E-state index contributed by atoms with van der Waals surface area (Å²) in [4.78, 5) is 4.40. The lowest BCUT2D eigenvalue weighted by Crippen LogP contribution is -2.16. The molecule has 3 nitrogen and oxygen atoms in total. The minimum atomic E-state index is -0.333. The Morgan fingerprint density at radius 3 is 2.90 bits per heavy atom. The predicted molar refractivity (Wildman–Crippen MR) is 80.3 cm³/mol. The standard InChI is InChI=1S/C16H16ClFN2O/c1-10-2-3-11(18)8-15(10)21-16-7-6-13(17)14(20-16)9-19-12-4-5-12/h2-3,6-8,12,19H,4-5,9H2,1H3. The van der Waals surface area contributed by atoms with E-state index in [1.54, 1.807) is 18.2 Å². The van der Waals surface area contributed by atoms with Crippen molar-refractivity contribution >= 4 is 11.6 Å². The van der Waals surface area contributed by atoms with Crippen molar-refractivity contribution in [1.29, 1.82) is 0 Å². The van der Waals surface area contributed by atoms with Crippen molar-refractivity contribution in [2.45, 2.75) is 32.4 Å². The van der Waals surface area contributed by atoms with Crippen LogP contribution in [-0.2, 0) is 6.54 Å². The Kier molecular flexibility index (Phi) is 4.08. The number of hydrogen-bond donors (Lipinski definition) is 1. The van der Waals surface area contributed by atoms with Gasteiger partial charge in [0, 0.05) is 24.7 Å². The number of rotatable bonds is 5. The molecular formula is C16H16ClFN2O. The number of nitrogens with zero attached hydrogens (tertiary/aromatic N) is 1. The van der Waals surface area contributed by atoms with Gasteiger partial charge in [-0.2, -0.15) is 0 Å².